The summed E-state index contributed by atoms with van der Waals surface area (Å²) in [6.45, 7) is 8.32. The lowest BCUT2D eigenvalue weighted by Crippen LogP contribution is -2.49. The first kappa shape index (κ1) is 31.1. The molecule has 3 fully saturated rings. The number of ketones is 1. The molecule has 206 valence electrons. The molecule has 1 aromatic rings. The molecule has 1 saturated carbocycles. The van der Waals surface area contributed by atoms with E-state index in [9.17, 15) is 4.79 Å². The molecule has 1 aromatic carbocycles. The lowest BCUT2D eigenvalue weighted by Gasteiger charge is -2.45. The van der Waals surface area contributed by atoms with Crippen LogP contribution in [0.1, 0.15) is 93.2 Å². The van der Waals surface area contributed by atoms with Crippen molar-refractivity contribution in [1.29, 1.82) is 0 Å². The zero-order valence-corrected chi connectivity index (χ0v) is 19.8. The molecule has 2 saturated heterocycles. The summed E-state index contributed by atoms with van der Waals surface area (Å²) in [6.07, 6.45) is 8.48. The van der Waals surface area contributed by atoms with Gasteiger partial charge in [-0.15, -0.1) is 0 Å². The summed E-state index contributed by atoms with van der Waals surface area (Å²) in [5, 5.41) is 0. The van der Waals surface area contributed by atoms with Gasteiger partial charge in [0.2, 0.25) is 0 Å². The molecule has 5 aliphatic rings. The molecule has 0 radical (unpaired) electrons. The number of benzene rings is 1. The van der Waals surface area contributed by atoms with Gasteiger partial charge in [-0.05, 0) is 96.4 Å². The highest BCUT2D eigenvalue weighted by Crippen LogP contribution is 2.65. The predicted octanol–water partition coefficient (Wildman–Crippen LogP) is 8.44. The molecule has 0 bridgehead atoms. The zero-order chi connectivity index (χ0) is 22.8. The highest BCUT2D eigenvalue weighted by atomic mass is 16.5. The third-order valence-electron chi connectivity index (χ3n) is 9.43. The Morgan fingerprint density at radius 3 is 2.38 bits per heavy atom. The van der Waals surface area contributed by atoms with Crippen LogP contribution in [0.4, 0.5) is 0 Å². The molecule has 0 aromatic heterocycles. The molecule has 0 amide bonds. The van der Waals surface area contributed by atoms with Crippen LogP contribution >= 0.6 is 0 Å². The molecule has 5 atom stereocenters. The molecule has 0 N–H and O–H groups in total. The SMILES string of the molecule is C.C.C.C.C=C1CCOC12CCC1C3CCC4=CC(=O)CCC4=C3[C@@H](c3ccc(OC)cc3)OC[C@@]12C. The van der Waals surface area contributed by atoms with Gasteiger partial charge in [-0.3, -0.25) is 4.79 Å². The first-order valence-corrected chi connectivity index (χ1v) is 12.5. The first-order valence-electron chi connectivity index (χ1n) is 12.5. The van der Waals surface area contributed by atoms with Gasteiger partial charge in [0.15, 0.2) is 5.78 Å². The van der Waals surface area contributed by atoms with E-state index in [1.807, 2.05) is 18.2 Å². The van der Waals surface area contributed by atoms with Gasteiger partial charge in [-0.25, -0.2) is 0 Å². The molecule has 1 spiro atoms. The van der Waals surface area contributed by atoms with E-state index in [2.05, 4.69) is 25.6 Å². The summed E-state index contributed by atoms with van der Waals surface area (Å²) in [4.78, 5) is 12.2. The van der Waals surface area contributed by atoms with Crippen LogP contribution in [0.15, 0.2) is 59.2 Å². The Kier molecular flexibility index (Phi) is 9.47. The molecular weight excluding hydrogens is 460 g/mol. The summed E-state index contributed by atoms with van der Waals surface area (Å²) in [5.41, 5.74) is 6.14. The average molecular weight is 511 g/mol. The Morgan fingerprint density at radius 1 is 1.00 bits per heavy atom. The minimum absolute atomic E-state index is 0. The lowest BCUT2D eigenvalue weighted by atomic mass is 9.61. The fraction of sp³-hybridized carbons (Fsp3) is 0.606. The lowest BCUT2D eigenvalue weighted by molar-refractivity contribution is -0.114. The third kappa shape index (κ3) is 4.44. The number of hydrogen-bond acceptors (Lipinski definition) is 4. The molecule has 2 heterocycles. The number of methoxy groups -OCH3 is 1. The molecule has 2 aliphatic heterocycles. The van der Waals surface area contributed by atoms with Crippen LogP contribution in [0.5, 0.6) is 5.75 Å². The summed E-state index contributed by atoms with van der Waals surface area (Å²) in [7, 11) is 1.70. The highest BCUT2D eigenvalue weighted by molar-refractivity contribution is 5.93. The van der Waals surface area contributed by atoms with Crippen LogP contribution in [0.25, 0.3) is 0 Å². The van der Waals surface area contributed by atoms with E-state index >= 15 is 0 Å². The van der Waals surface area contributed by atoms with Crippen LogP contribution in [0, 0.1) is 17.3 Å². The van der Waals surface area contributed by atoms with Gasteiger partial charge in [-0.2, -0.15) is 0 Å². The second kappa shape index (κ2) is 11.3. The van der Waals surface area contributed by atoms with Crippen molar-refractivity contribution in [3.8, 4) is 5.75 Å². The standard InChI is InChI=1S/C29H34O4.4CH4/c1-18-13-15-33-29(18)14-12-25-24-10-6-20-16-21(30)7-11-23(20)26(24)27(32-17-28(25,29)2)19-4-8-22(31-3)9-5-19;;;;/h4-5,8-9,16,24-25,27H,1,6-7,10-15,17H2,2-3H3;4*1H4/t24?,25?,27-,28+,29?;;;;/m1..../s1. The Bertz CT molecular complexity index is 1060. The van der Waals surface area contributed by atoms with Gasteiger partial charge in [0.25, 0.3) is 0 Å². The number of carbonyl (C=O) groups is 1. The van der Waals surface area contributed by atoms with Crippen molar-refractivity contribution in [2.24, 2.45) is 17.3 Å². The van der Waals surface area contributed by atoms with Gasteiger partial charge in [-0.1, -0.05) is 55.3 Å². The van der Waals surface area contributed by atoms with Gasteiger partial charge < -0.3 is 14.2 Å². The molecular formula is C33H50O4. The van der Waals surface area contributed by atoms with Crippen molar-refractivity contribution >= 4 is 5.78 Å². The molecule has 6 rings (SSSR count). The quantitative estimate of drug-likeness (QED) is 0.374. The van der Waals surface area contributed by atoms with Crippen molar-refractivity contribution in [2.45, 2.75) is 93.3 Å². The van der Waals surface area contributed by atoms with Crippen LogP contribution in [-0.2, 0) is 14.3 Å². The van der Waals surface area contributed by atoms with E-state index in [1.165, 1.54) is 27.9 Å². The number of hydrogen-bond donors (Lipinski definition) is 0. The van der Waals surface area contributed by atoms with Crippen molar-refractivity contribution in [3.63, 3.8) is 0 Å². The Balaban J connectivity index is 0.00000120. The first-order chi connectivity index (χ1) is 16.0. The van der Waals surface area contributed by atoms with Gasteiger partial charge in [0.1, 0.15) is 11.9 Å². The minimum Gasteiger partial charge on any atom is -0.497 e. The fourth-order valence-electron chi connectivity index (χ4n) is 7.78. The van der Waals surface area contributed by atoms with Crippen LogP contribution in [0.2, 0.25) is 0 Å². The number of allylic oxidation sites excluding steroid dienone is 3. The van der Waals surface area contributed by atoms with Crippen molar-refractivity contribution in [1.82, 2.24) is 0 Å². The predicted molar refractivity (Wildman–Crippen MR) is 154 cm³/mol. The molecule has 4 nitrogen and oxygen atoms in total. The second-order valence-corrected chi connectivity index (χ2v) is 10.8. The summed E-state index contributed by atoms with van der Waals surface area (Å²) >= 11 is 0. The number of rotatable bonds is 2. The Labute approximate surface area is 226 Å². The highest BCUT2D eigenvalue weighted by Gasteiger charge is 2.64. The summed E-state index contributed by atoms with van der Waals surface area (Å²) in [6, 6.07) is 8.34. The number of carbonyl (C=O) groups excluding carboxylic acids is 1. The van der Waals surface area contributed by atoms with Crippen LogP contribution in [-0.4, -0.2) is 31.7 Å². The van der Waals surface area contributed by atoms with E-state index < -0.39 is 0 Å². The Morgan fingerprint density at radius 2 is 1.73 bits per heavy atom. The van der Waals surface area contributed by atoms with Crippen molar-refractivity contribution < 1.29 is 19.0 Å². The van der Waals surface area contributed by atoms with Gasteiger partial charge >= 0.3 is 0 Å². The van der Waals surface area contributed by atoms with Gasteiger partial charge in [0.05, 0.1) is 25.9 Å². The molecule has 3 aliphatic carbocycles. The molecule has 37 heavy (non-hydrogen) atoms. The van der Waals surface area contributed by atoms with Crippen LogP contribution < -0.4 is 4.74 Å². The number of fused-ring (bicyclic) bond motifs is 5. The summed E-state index contributed by atoms with van der Waals surface area (Å²) < 4.78 is 18.9. The summed E-state index contributed by atoms with van der Waals surface area (Å²) in [5.74, 6) is 2.06. The van der Waals surface area contributed by atoms with Crippen LogP contribution in [0.3, 0.4) is 0 Å². The van der Waals surface area contributed by atoms with E-state index in [4.69, 9.17) is 14.2 Å². The van der Waals surface area contributed by atoms with E-state index in [-0.39, 0.29) is 52.6 Å². The largest absolute Gasteiger partial charge is 0.497 e. The Hall–Kier alpha value is -2.17. The maximum atomic E-state index is 12.2. The van der Waals surface area contributed by atoms with Crippen molar-refractivity contribution in [2.75, 3.05) is 20.3 Å². The monoisotopic (exact) mass is 510 g/mol. The maximum Gasteiger partial charge on any atom is 0.156 e. The third-order valence-corrected chi connectivity index (χ3v) is 9.43. The maximum absolute atomic E-state index is 12.2. The normalized spacial score (nSPS) is 33.9. The molecule has 4 heteroatoms. The molecule has 3 unspecified atom stereocenters. The van der Waals surface area contributed by atoms with E-state index in [1.54, 1.807) is 7.11 Å². The fourth-order valence-corrected chi connectivity index (χ4v) is 7.78. The second-order valence-electron chi connectivity index (χ2n) is 10.8. The zero-order valence-electron chi connectivity index (χ0n) is 19.8. The van der Waals surface area contributed by atoms with E-state index in [0.29, 0.717) is 24.9 Å². The van der Waals surface area contributed by atoms with Gasteiger partial charge in [0, 0.05) is 11.8 Å². The smallest absolute Gasteiger partial charge is 0.156 e. The average Bonchev–Trinajstić information content (AvgIpc) is 3.30. The topological polar surface area (TPSA) is 44.8 Å². The van der Waals surface area contributed by atoms with Crippen molar-refractivity contribution in [3.05, 3.63) is 64.8 Å². The van der Waals surface area contributed by atoms with E-state index in [0.717, 1.165) is 50.9 Å². The number of ether oxygens (including phenoxy) is 3. The minimum atomic E-state index is -0.263.